The zero-order chi connectivity index (χ0) is 14.4. The van der Waals surface area contributed by atoms with Crippen molar-refractivity contribution in [1.29, 1.82) is 0 Å². The molecule has 0 radical (unpaired) electrons. The fourth-order valence-electron chi connectivity index (χ4n) is 1.61. The molecule has 2 aromatic carbocycles. The van der Waals surface area contributed by atoms with Crippen molar-refractivity contribution in [1.82, 2.24) is 0 Å². The van der Waals surface area contributed by atoms with Crippen LogP contribution in [0.15, 0.2) is 58.7 Å². The van der Waals surface area contributed by atoms with E-state index >= 15 is 0 Å². The van der Waals surface area contributed by atoms with Gasteiger partial charge in [0.2, 0.25) is 0 Å². The lowest BCUT2D eigenvalue weighted by Crippen LogP contribution is -2.08. The number of hydrogen-bond acceptors (Lipinski definition) is 3. The van der Waals surface area contributed by atoms with E-state index in [9.17, 15) is 0 Å². The van der Waals surface area contributed by atoms with Crippen LogP contribution in [0.25, 0.3) is 0 Å². The Morgan fingerprint density at radius 3 is 1.70 bits per heavy atom. The number of nitrogens with zero attached hydrogens (tertiary/aromatic N) is 3. The molecule has 0 aliphatic carbocycles. The maximum atomic E-state index is 5.81. The molecule has 0 N–H and O–H groups in total. The van der Waals surface area contributed by atoms with Crippen LogP contribution in [0.5, 0.6) is 0 Å². The Morgan fingerprint density at radius 1 is 0.800 bits per heavy atom. The number of rotatable bonds is 4. The molecule has 0 heterocycles. The van der Waals surface area contributed by atoms with Gasteiger partial charge in [0.15, 0.2) is 0 Å². The topological polar surface area (TPSA) is 28.0 Å². The molecule has 2 rings (SSSR count). The van der Waals surface area contributed by atoms with Gasteiger partial charge in [0.05, 0.1) is 12.4 Å². The highest BCUT2D eigenvalue weighted by Gasteiger charge is 1.93. The van der Waals surface area contributed by atoms with Gasteiger partial charge in [-0.1, -0.05) is 35.9 Å². The van der Waals surface area contributed by atoms with Gasteiger partial charge in [0.1, 0.15) is 0 Å². The van der Waals surface area contributed by atoms with Crippen LogP contribution in [0.3, 0.4) is 0 Å². The lowest BCUT2D eigenvalue weighted by atomic mass is 10.2. The van der Waals surface area contributed by atoms with Gasteiger partial charge in [-0.15, -0.1) is 0 Å². The van der Waals surface area contributed by atoms with Gasteiger partial charge in [-0.2, -0.15) is 10.2 Å². The Balaban J connectivity index is 1.97. The minimum absolute atomic E-state index is 0.714. The normalized spacial score (nSPS) is 11.3. The van der Waals surface area contributed by atoms with E-state index in [0.29, 0.717) is 5.02 Å². The third-order valence-corrected chi connectivity index (χ3v) is 3.01. The van der Waals surface area contributed by atoms with Crippen LogP contribution in [-0.4, -0.2) is 26.5 Å². The molecule has 0 aliphatic rings. The summed E-state index contributed by atoms with van der Waals surface area (Å²) in [6, 6.07) is 15.6. The Bertz CT molecular complexity index is 599. The molecule has 0 spiro atoms. The van der Waals surface area contributed by atoms with Crippen molar-refractivity contribution in [3.63, 3.8) is 0 Å². The number of hydrogen-bond donors (Lipinski definition) is 0. The zero-order valence-electron chi connectivity index (χ0n) is 11.5. The highest BCUT2D eigenvalue weighted by Crippen LogP contribution is 2.11. The quantitative estimate of drug-likeness (QED) is 0.619. The van der Waals surface area contributed by atoms with E-state index in [0.717, 1.165) is 16.8 Å². The molecule has 0 unspecified atom stereocenters. The van der Waals surface area contributed by atoms with E-state index < -0.39 is 0 Å². The SMILES string of the molecule is CN(C)c1ccc(/C=N/N=C/c2ccc(Cl)cc2)cc1. The fraction of sp³-hybridized carbons (Fsp3) is 0.125. The summed E-state index contributed by atoms with van der Waals surface area (Å²) in [7, 11) is 4.03. The molecule has 3 nitrogen and oxygen atoms in total. The molecule has 0 aromatic heterocycles. The van der Waals surface area contributed by atoms with E-state index in [-0.39, 0.29) is 0 Å². The maximum Gasteiger partial charge on any atom is 0.0568 e. The van der Waals surface area contributed by atoms with Crippen molar-refractivity contribution in [3.05, 3.63) is 64.7 Å². The van der Waals surface area contributed by atoms with Crippen LogP contribution < -0.4 is 4.90 Å². The molecular weight excluding hydrogens is 270 g/mol. The second-order valence-corrected chi connectivity index (χ2v) is 4.96. The Labute approximate surface area is 124 Å². The third-order valence-electron chi connectivity index (χ3n) is 2.76. The molecule has 2 aromatic rings. The largest absolute Gasteiger partial charge is 0.378 e. The lowest BCUT2D eigenvalue weighted by Gasteiger charge is -2.11. The average molecular weight is 286 g/mol. The monoisotopic (exact) mass is 285 g/mol. The van der Waals surface area contributed by atoms with Crippen LogP contribution in [0.1, 0.15) is 11.1 Å². The molecule has 0 atom stereocenters. The van der Waals surface area contributed by atoms with Gasteiger partial charge in [-0.05, 0) is 35.4 Å². The molecule has 0 bridgehead atoms. The minimum Gasteiger partial charge on any atom is -0.378 e. The van der Waals surface area contributed by atoms with Crippen LogP contribution in [-0.2, 0) is 0 Å². The van der Waals surface area contributed by atoms with Crippen LogP contribution in [0, 0.1) is 0 Å². The van der Waals surface area contributed by atoms with E-state index in [1.807, 2.05) is 62.6 Å². The van der Waals surface area contributed by atoms with Gasteiger partial charge in [0.25, 0.3) is 0 Å². The highest BCUT2D eigenvalue weighted by molar-refractivity contribution is 6.30. The van der Waals surface area contributed by atoms with Gasteiger partial charge in [0, 0.05) is 24.8 Å². The number of benzene rings is 2. The Hall–Kier alpha value is -2.13. The van der Waals surface area contributed by atoms with Gasteiger partial charge in [-0.25, -0.2) is 0 Å². The van der Waals surface area contributed by atoms with Crippen LogP contribution >= 0.6 is 11.6 Å². The fourth-order valence-corrected chi connectivity index (χ4v) is 1.73. The molecule has 0 saturated heterocycles. The second kappa shape index (κ2) is 6.87. The Kier molecular flexibility index (Phi) is 4.91. The second-order valence-electron chi connectivity index (χ2n) is 4.53. The van der Waals surface area contributed by atoms with Crippen molar-refractivity contribution >= 4 is 29.7 Å². The standard InChI is InChI=1S/C16H16ClN3/c1-20(2)16-9-5-14(6-10-16)12-19-18-11-13-3-7-15(17)8-4-13/h3-12H,1-2H3/b18-11+,19-12+. The van der Waals surface area contributed by atoms with Gasteiger partial charge in [-0.3, -0.25) is 0 Å². The van der Waals surface area contributed by atoms with Crippen molar-refractivity contribution < 1.29 is 0 Å². The minimum atomic E-state index is 0.714. The molecule has 4 heteroatoms. The van der Waals surface area contributed by atoms with Crippen LogP contribution in [0.4, 0.5) is 5.69 Å². The average Bonchev–Trinajstić information content (AvgIpc) is 2.46. The summed E-state index contributed by atoms with van der Waals surface area (Å²) in [5.41, 5.74) is 3.14. The van der Waals surface area contributed by atoms with E-state index in [4.69, 9.17) is 11.6 Å². The predicted octanol–water partition coefficient (Wildman–Crippen LogP) is 3.86. The van der Waals surface area contributed by atoms with Crippen molar-refractivity contribution in [2.45, 2.75) is 0 Å². The lowest BCUT2D eigenvalue weighted by molar-refractivity contribution is 1.13. The summed E-state index contributed by atoms with van der Waals surface area (Å²) in [4.78, 5) is 2.06. The molecular formula is C16H16ClN3. The van der Waals surface area contributed by atoms with Gasteiger partial charge < -0.3 is 4.90 Å². The summed E-state index contributed by atoms with van der Waals surface area (Å²) in [6.07, 6.45) is 3.42. The molecule has 0 aliphatic heterocycles. The summed E-state index contributed by atoms with van der Waals surface area (Å²) in [5, 5.41) is 8.76. The maximum absolute atomic E-state index is 5.81. The summed E-state index contributed by atoms with van der Waals surface area (Å²) in [6.45, 7) is 0. The summed E-state index contributed by atoms with van der Waals surface area (Å²) < 4.78 is 0. The van der Waals surface area contributed by atoms with Crippen molar-refractivity contribution in [2.24, 2.45) is 10.2 Å². The molecule has 20 heavy (non-hydrogen) atoms. The van der Waals surface area contributed by atoms with E-state index in [2.05, 4.69) is 15.1 Å². The van der Waals surface area contributed by atoms with E-state index in [1.54, 1.807) is 12.4 Å². The first-order valence-electron chi connectivity index (χ1n) is 6.24. The summed E-state index contributed by atoms with van der Waals surface area (Å²) >= 11 is 5.81. The predicted molar refractivity (Wildman–Crippen MR) is 87.4 cm³/mol. The van der Waals surface area contributed by atoms with Crippen LogP contribution in [0.2, 0.25) is 5.02 Å². The first-order chi connectivity index (χ1) is 9.65. The molecule has 102 valence electrons. The highest BCUT2D eigenvalue weighted by atomic mass is 35.5. The zero-order valence-corrected chi connectivity index (χ0v) is 12.2. The Morgan fingerprint density at radius 2 is 1.25 bits per heavy atom. The first-order valence-corrected chi connectivity index (χ1v) is 6.62. The first kappa shape index (κ1) is 14.3. The summed E-state index contributed by atoms with van der Waals surface area (Å²) in [5.74, 6) is 0. The molecule has 0 fully saturated rings. The number of halogens is 1. The smallest absolute Gasteiger partial charge is 0.0568 e. The van der Waals surface area contributed by atoms with Gasteiger partial charge >= 0.3 is 0 Å². The number of anilines is 1. The third kappa shape index (κ3) is 4.21. The molecule has 0 saturated carbocycles. The van der Waals surface area contributed by atoms with Crippen molar-refractivity contribution in [3.8, 4) is 0 Å². The molecule has 0 amide bonds. The van der Waals surface area contributed by atoms with E-state index in [1.165, 1.54) is 0 Å². The van der Waals surface area contributed by atoms with Crippen molar-refractivity contribution in [2.75, 3.05) is 19.0 Å².